The third kappa shape index (κ3) is 6.11. The van der Waals surface area contributed by atoms with Gasteiger partial charge in [0.25, 0.3) is 5.91 Å². The number of likely N-dealkylation sites (N-methyl/N-ethyl adjacent to an activating group) is 1. The molecule has 0 radical (unpaired) electrons. The van der Waals surface area contributed by atoms with Crippen LogP contribution in [-0.4, -0.2) is 49.4 Å². The van der Waals surface area contributed by atoms with Gasteiger partial charge >= 0.3 is 0 Å². The largest absolute Gasteiger partial charge is 0.488 e. The Morgan fingerprint density at radius 2 is 1.87 bits per heavy atom. The van der Waals surface area contributed by atoms with Crippen LogP contribution in [0, 0.1) is 0 Å². The molecule has 1 heterocycles. The van der Waals surface area contributed by atoms with Crippen molar-refractivity contribution < 1.29 is 14.3 Å². The highest BCUT2D eigenvalue weighted by Crippen LogP contribution is 2.25. The fourth-order valence-corrected chi connectivity index (χ4v) is 3.82. The summed E-state index contributed by atoms with van der Waals surface area (Å²) in [6, 6.07) is 12.4. The molecule has 0 aliphatic carbocycles. The topological polar surface area (TPSA) is 70.7 Å². The molecular weight excluding hydrogens is 425 g/mol. The lowest BCUT2D eigenvalue weighted by Crippen LogP contribution is -2.47. The van der Waals surface area contributed by atoms with Gasteiger partial charge in [-0.25, -0.2) is 0 Å². The molecule has 0 atom stereocenters. The van der Waals surface area contributed by atoms with Crippen molar-refractivity contribution in [2.24, 2.45) is 0 Å². The number of ether oxygens (including phenoxy) is 1. The second-order valence-corrected chi connectivity index (χ2v) is 8.06. The Morgan fingerprint density at radius 3 is 2.57 bits per heavy atom. The van der Waals surface area contributed by atoms with Crippen molar-refractivity contribution in [3.05, 3.63) is 63.6 Å². The minimum atomic E-state index is -0.169. The van der Waals surface area contributed by atoms with E-state index in [1.807, 2.05) is 12.1 Å². The molecule has 0 unspecified atom stereocenters. The van der Waals surface area contributed by atoms with Gasteiger partial charge < -0.3 is 15.4 Å². The number of hydrogen-bond donors (Lipinski definition) is 2. The van der Waals surface area contributed by atoms with Crippen LogP contribution in [0.1, 0.15) is 28.8 Å². The molecule has 8 heteroatoms. The maximum absolute atomic E-state index is 12.8. The lowest BCUT2D eigenvalue weighted by molar-refractivity contribution is -0.122. The van der Waals surface area contributed by atoms with Gasteiger partial charge in [-0.1, -0.05) is 41.4 Å². The van der Waals surface area contributed by atoms with Gasteiger partial charge in [-0.2, -0.15) is 0 Å². The summed E-state index contributed by atoms with van der Waals surface area (Å²) in [6.07, 6.45) is 1.60. The number of carbonyl (C=O) groups is 2. The summed E-state index contributed by atoms with van der Waals surface area (Å²) in [5.41, 5.74) is 1.27. The van der Waals surface area contributed by atoms with Crippen LogP contribution in [0.15, 0.2) is 42.5 Å². The van der Waals surface area contributed by atoms with Crippen LogP contribution < -0.4 is 15.4 Å². The molecule has 2 amide bonds. The highest BCUT2D eigenvalue weighted by Gasteiger charge is 2.23. The van der Waals surface area contributed by atoms with Gasteiger partial charge in [0.1, 0.15) is 12.4 Å². The molecular formula is C22H25Cl2N3O3. The number of nitrogens with one attached hydrogen (secondary N) is 2. The molecule has 0 aromatic heterocycles. The Balaban J connectivity index is 1.57. The first-order valence-electron chi connectivity index (χ1n) is 9.86. The van der Waals surface area contributed by atoms with Crippen molar-refractivity contribution in [2.45, 2.75) is 25.5 Å². The smallest absolute Gasteiger partial charge is 0.255 e. The minimum absolute atomic E-state index is 0.00403. The predicted octanol–water partition coefficient (Wildman–Crippen LogP) is 3.51. The number of amides is 2. The van der Waals surface area contributed by atoms with E-state index in [1.165, 1.54) is 0 Å². The van der Waals surface area contributed by atoms with Gasteiger partial charge in [0.15, 0.2) is 0 Å². The number of benzene rings is 2. The van der Waals surface area contributed by atoms with Crippen LogP contribution in [-0.2, 0) is 11.4 Å². The molecule has 30 heavy (non-hydrogen) atoms. The van der Waals surface area contributed by atoms with E-state index in [1.54, 1.807) is 37.4 Å². The van der Waals surface area contributed by atoms with Gasteiger partial charge in [-0.05, 0) is 37.1 Å². The second-order valence-electron chi connectivity index (χ2n) is 7.22. The molecule has 6 nitrogen and oxygen atoms in total. The zero-order valence-corrected chi connectivity index (χ0v) is 18.3. The molecule has 1 aliphatic heterocycles. The number of piperidine rings is 1. The van der Waals surface area contributed by atoms with Gasteiger partial charge in [0, 0.05) is 41.8 Å². The molecule has 0 saturated carbocycles. The van der Waals surface area contributed by atoms with Crippen LogP contribution >= 0.6 is 23.2 Å². The van der Waals surface area contributed by atoms with Crippen molar-refractivity contribution >= 4 is 35.0 Å². The zero-order chi connectivity index (χ0) is 21.5. The summed E-state index contributed by atoms with van der Waals surface area (Å²) in [6.45, 7) is 2.16. The Kier molecular flexibility index (Phi) is 7.96. The molecule has 2 aromatic rings. The molecule has 1 aliphatic rings. The molecule has 3 rings (SSSR count). The predicted molar refractivity (Wildman–Crippen MR) is 118 cm³/mol. The quantitative estimate of drug-likeness (QED) is 0.678. The number of halogens is 2. The normalized spacial score (nSPS) is 14.9. The monoisotopic (exact) mass is 449 g/mol. The number of rotatable bonds is 7. The van der Waals surface area contributed by atoms with Crippen LogP contribution in [0.5, 0.6) is 5.75 Å². The average molecular weight is 450 g/mol. The van der Waals surface area contributed by atoms with Crippen molar-refractivity contribution in [2.75, 3.05) is 26.7 Å². The average Bonchev–Trinajstić information content (AvgIpc) is 2.74. The highest BCUT2D eigenvalue weighted by molar-refractivity contribution is 6.35. The Bertz CT molecular complexity index is 899. The van der Waals surface area contributed by atoms with Crippen molar-refractivity contribution in [3.8, 4) is 5.75 Å². The van der Waals surface area contributed by atoms with Gasteiger partial charge in [-0.15, -0.1) is 0 Å². The fourth-order valence-electron chi connectivity index (χ4n) is 3.36. The summed E-state index contributed by atoms with van der Waals surface area (Å²) >= 11 is 12.1. The Hall–Kier alpha value is -2.28. The molecule has 0 spiro atoms. The molecule has 1 saturated heterocycles. The maximum Gasteiger partial charge on any atom is 0.255 e. The first-order chi connectivity index (χ1) is 14.5. The third-order valence-corrected chi connectivity index (χ3v) is 5.69. The SMILES string of the molecule is CNC(=O)CN1CCC(NC(=O)c2ccccc2OCc2ccc(Cl)cc2Cl)CC1. The van der Waals surface area contributed by atoms with E-state index in [4.69, 9.17) is 27.9 Å². The van der Waals surface area contributed by atoms with Crippen molar-refractivity contribution in [3.63, 3.8) is 0 Å². The highest BCUT2D eigenvalue weighted by atomic mass is 35.5. The number of carbonyl (C=O) groups excluding carboxylic acids is 2. The summed E-state index contributed by atoms with van der Waals surface area (Å²) in [7, 11) is 1.63. The van der Waals surface area contributed by atoms with E-state index in [-0.39, 0.29) is 24.5 Å². The standard InChI is InChI=1S/C22H25Cl2N3O3/c1-25-21(28)13-27-10-8-17(9-11-27)26-22(29)18-4-2-3-5-20(18)30-14-15-6-7-16(23)12-19(15)24/h2-7,12,17H,8-11,13-14H2,1H3,(H,25,28)(H,26,29). The third-order valence-electron chi connectivity index (χ3n) is 5.10. The lowest BCUT2D eigenvalue weighted by Gasteiger charge is -2.31. The minimum Gasteiger partial charge on any atom is -0.488 e. The molecule has 2 aromatic carbocycles. The van der Waals surface area contributed by atoms with Crippen LogP contribution in [0.4, 0.5) is 0 Å². The Labute approximate surface area is 186 Å². The number of likely N-dealkylation sites (tertiary alicyclic amines) is 1. The fraction of sp³-hybridized carbons (Fsp3) is 0.364. The van der Waals surface area contributed by atoms with E-state index in [9.17, 15) is 9.59 Å². The number of para-hydroxylation sites is 1. The van der Waals surface area contributed by atoms with Gasteiger partial charge in [0.05, 0.1) is 12.1 Å². The van der Waals surface area contributed by atoms with Crippen molar-refractivity contribution in [1.29, 1.82) is 0 Å². The number of hydrogen-bond acceptors (Lipinski definition) is 4. The van der Waals surface area contributed by atoms with Crippen LogP contribution in [0.2, 0.25) is 10.0 Å². The summed E-state index contributed by atoms with van der Waals surface area (Å²) in [5, 5.41) is 6.81. The lowest BCUT2D eigenvalue weighted by atomic mass is 10.0. The number of nitrogens with zero attached hydrogens (tertiary/aromatic N) is 1. The molecule has 2 N–H and O–H groups in total. The first-order valence-corrected chi connectivity index (χ1v) is 10.6. The van der Waals surface area contributed by atoms with Crippen LogP contribution in [0.25, 0.3) is 0 Å². The Morgan fingerprint density at radius 1 is 1.13 bits per heavy atom. The summed E-state index contributed by atoms with van der Waals surface area (Å²) < 4.78 is 5.89. The van der Waals surface area contributed by atoms with E-state index in [0.717, 1.165) is 31.5 Å². The summed E-state index contributed by atoms with van der Waals surface area (Å²) in [5.74, 6) is 0.333. The van der Waals surface area contributed by atoms with Gasteiger partial charge in [0.2, 0.25) is 5.91 Å². The van der Waals surface area contributed by atoms with E-state index in [2.05, 4.69) is 15.5 Å². The molecule has 0 bridgehead atoms. The van der Waals surface area contributed by atoms with E-state index >= 15 is 0 Å². The van der Waals surface area contributed by atoms with Crippen LogP contribution in [0.3, 0.4) is 0 Å². The van der Waals surface area contributed by atoms with Crippen molar-refractivity contribution in [1.82, 2.24) is 15.5 Å². The molecule has 1 fully saturated rings. The summed E-state index contributed by atoms with van der Waals surface area (Å²) in [4.78, 5) is 26.5. The van der Waals surface area contributed by atoms with Gasteiger partial charge in [-0.3, -0.25) is 14.5 Å². The van der Waals surface area contributed by atoms with E-state index < -0.39 is 0 Å². The van der Waals surface area contributed by atoms with E-state index in [0.29, 0.717) is 27.9 Å². The zero-order valence-electron chi connectivity index (χ0n) is 16.8. The molecule has 160 valence electrons. The first kappa shape index (κ1) is 22.4. The maximum atomic E-state index is 12.8. The second kappa shape index (κ2) is 10.7.